The van der Waals surface area contributed by atoms with E-state index < -0.39 is 5.54 Å². The van der Waals surface area contributed by atoms with Crippen LogP contribution in [0.25, 0.3) is 23.2 Å². The van der Waals surface area contributed by atoms with Gasteiger partial charge in [0, 0.05) is 18.0 Å². The highest BCUT2D eigenvalue weighted by Gasteiger charge is 2.29. The predicted molar refractivity (Wildman–Crippen MR) is 140 cm³/mol. The van der Waals surface area contributed by atoms with Crippen LogP contribution >= 0.6 is 27.3 Å². The van der Waals surface area contributed by atoms with E-state index in [-0.39, 0.29) is 23.6 Å². The molecule has 4 aromatic heterocycles. The second-order valence-corrected chi connectivity index (χ2v) is 10.8. The lowest BCUT2D eigenvalue weighted by atomic mass is 9.94. The quantitative estimate of drug-likeness (QED) is 0.277. The summed E-state index contributed by atoms with van der Waals surface area (Å²) in [5, 5.41) is 10.3. The fourth-order valence-corrected chi connectivity index (χ4v) is 4.80. The standard InChI is InChI=1S/C25H22BrN7O3S/c1-25(27,12-15-6-4-3-5-7-15)23-32-31-21(36-23)19-11-16(10-18(30-19)20-28-8-9-35-20)22(34)33(2)13-17-14-37-24(26)29-17/h3-11,14H,12-13,27H2,1-2H3/t25-/m1/s1. The van der Waals surface area contributed by atoms with Gasteiger partial charge in [-0.3, -0.25) is 4.79 Å². The van der Waals surface area contributed by atoms with Crippen LogP contribution < -0.4 is 5.73 Å². The van der Waals surface area contributed by atoms with E-state index in [4.69, 9.17) is 14.6 Å². The van der Waals surface area contributed by atoms with Crippen molar-refractivity contribution in [3.63, 3.8) is 0 Å². The first-order valence-electron chi connectivity index (χ1n) is 11.2. The number of hydrogen-bond acceptors (Lipinski definition) is 10. The number of carbonyl (C=O) groups excluding carboxylic acids is 1. The molecule has 5 aromatic rings. The molecule has 10 nitrogen and oxygen atoms in total. The summed E-state index contributed by atoms with van der Waals surface area (Å²) in [5.74, 6) is 0.407. The van der Waals surface area contributed by atoms with Gasteiger partial charge in [-0.15, -0.1) is 21.5 Å². The van der Waals surface area contributed by atoms with Gasteiger partial charge < -0.3 is 19.5 Å². The summed E-state index contributed by atoms with van der Waals surface area (Å²) in [6, 6.07) is 13.0. The van der Waals surface area contributed by atoms with Crippen LogP contribution in [0.2, 0.25) is 0 Å². The highest BCUT2D eigenvalue weighted by atomic mass is 79.9. The number of benzene rings is 1. The lowest BCUT2D eigenvalue weighted by Gasteiger charge is -2.20. The van der Waals surface area contributed by atoms with Crippen LogP contribution in [-0.2, 0) is 18.5 Å². The first-order chi connectivity index (χ1) is 17.8. The Kier molecular flexibility index (Phi) is 6.96. The van der Waals surface area contributed by atoms with E-state index >= 15 is 0 Å². The summed E-state index contributed by atoms with van der Waals surface area (Å²) in [5.41, 5.74) is 8.47. The normalized spacial score (nSPS) is 12.9. The first-order valence-corrected chi connectivity index (χ1v) is 12.9. The van der Waals surface area contributed by atoms with Gasteiger partial charge in [-0.05, 0) is 47.0 Å². The summed E-state index contributed by atoms with van der Waals surface area (Å²) in [6.45, 7) is 2.16. The molecule has 5 rings (SSSR count). The molecule has 0 unspecified atom stereocenters. The van der Waals surface area contributed by atoms with Gasteiger partial charge in [0.15, 0.2) is 3.92 Å². The third-order valence-corrected chi connectivity index (χ3v) is 6.95. The van der Waals surface area contributed by atoms with E-state index in [0.717, 1.165) is 15.2 Å². The molecule has 0 aliphatic heterocycles. The van der Waals surface area contributed by atoms with Crippen LogP contribution in [0.3, 0.4) is 0 Å². The molecule has 1 aromatic carbocycles. The number of rotatable bonds is 8. The molecule has 0 bridgehead atoms. The average molecular weight is 580 g/mol. The molecule has 0 radical (unpaired) electrons. The Morgan fingerprint density at radius 2 is 1.89 bits per heavy atom. The minimum atomic E-state index is -0.909. The highest BCUT2D eigenvalue weighted by Crippen LogP contribution is 2.28. The van der Waals surface area contributed by atoms with Crippen molar-refractivity contribution in [1.29, 1.82) is 0 Å². The molecule has 1 amide bonds. The molecule has 1 atom stereocenters. The third-order valence-electron chi connectivity index (χ3n) is 5.54. The summed E-state index contributed by atoms with van der Waals surface area (Å²) in [4.78, 5) is 28.0. The van der Waals surface area contributed by atoms with Crippen LogP contribution in [0, 0.1) is 0 Å². The Balaban J connectivity index is 1.47. The molecular weight excluding hydrogens is 558 g/mol. The zero-order valence-corrected chi connectivity index (χ0v) is 22.4. The van der Waals surface area contributed by atoms with Crippen molar-refractivity contribution < 1.29 is 13.6 Å². The molecule has 188 valence electrons. The zero-order valence-electron chi connectivity index (χ0n) is 20.0. The number of aromatic nitrogens is 5. The summed E-state index contributed by atoms with van der Waals surface area (Å²) >= 11 is 4.81. The monoisotopic (exact) mass is 579 g/mol. The van der Waals surface area contributed by atoms with Crippen LogP contribution in [0.1, 0.15) is 34.4 Å². The number of amides is 1. The van der Waals surface area contributed by atoms with Gasteiger partial charge in [-0.25, -0.2) is 15.0 Å². The number of hydrogen-bond donors (Lipinski definition) is 1. The van der Waals surface area contributed by atoms with Crippen molar-refractivity contribution in [2.45, 2.75) is 25.4 Å². The zero-order chi connectivity index (χ0) is 26.0. The van der Waals surface area contributed by atoms with E-state index in [1.54, 1.807) is 24.1 Å². The lowest BCUT2D eigenvalue weighted by molar-refractivity contribution is 0.0783. The SMILES string of the molecule is CN(Cc1csc(Br)n1)C(=O)c1cc(-c2ncco2)nc(-c2nnc([C@](C)(N)Cc3ccccc3)o2)c1. The van der Waals surface area contributed by atoms with Crippen molar-refractivity contribution in [2.24, 2.45) is 5.73 Å². The Labute approximate surface area is 224 Å². The highest BCUT2D eigenvalue weighted by molar-refractivity contribution is 9.11. The minimum Gasteiger partial charge on any atom is -0.443 e. The number of oxazole rings is 1. The molecule has 0 fully saturated rings. The van der Waals surface area contributed by atoms with E-state index in [1.807, 2.05) is 42.6 Å². The van der Waals surface area contributed by atoms with E-state index in [2.05, 4.69) is 41.1 Å². The van der Waals surface area contributed by atoms with Gasteiger partial charge in [0.2, 0.25) is 11.8 Å². The Morgan fingerprint density at radius 1 is 1.14 bits per heavy atom. The fourth-order valence-electron chi connectivity index (χ4n) is 3.77. The molecule has 0 spiro atoms. The van der Waals surface area contributed by atoms with Crippen LogP contribution in [-0.4, -0.2) is 43.0 Å². The van der Waals surface area contributed by atoms with Gasteiger partial charge in [0.1, 0.15) is 17.7 Å². The van der Waals surface area contributed by atoms with Crippen molar-refractivity contribution in [3.8, 4) is 23.2 Å². The van der Waals surface area contributed by atoms with Gasteiger partial charge in [-0.1, -0.05) is 30.3 Å². The third kappa shape index (κ3) is 5.66. The second-order valence-electron chi connectivity index (χ2n) is 8.71. The minimum absolute atomic E-state index is 0.133. The van der Waals surface area contributed by atoms with Gasteiger partial charge >= 0.3 is 0 Å². The predicted octanol–water partition coefficient (Wildman–Crippen LogP) is 4.69. The van der Waals surface area contributed by atoms with Crippen molar-refractivity contribution in [2.75, 3.05) is 7.05 Å². The molecule has 0 aliphatic carbocycles. The largest absolute Gasteiger partial charge is 0.443 e. The van der Waals surface area contributed by atoms with Crippen molar-refractivity contribution >= 4 is 33.2 Å². The van der Waals surface area contributed by atoms with Gasteiger partial charge in [0.05, 0.1) is 24.0 Å². The molecule has 2 N–H and O–H groups in total. The van der Waals surface area contributed by atoms with Crippen molar-refractivity contribution in [3.05, 3.63) is 86.9 Å². The number of nitrogens with zero attached hydrogens (tertiary/aromatic N) is 6. The molecule has 4 heterocycles. The first kappa shape index (κ1) is 24.9. The van der Waals surface area contributed by atoms with Gasteiger partial charge in [0.25, 0.3) is 11.8 Å². The topological polar surface area (TPSA) is 137 Å². The second kappa shape index (κ2) is 10.3. The molecule has 0 aliphatic rings. The molecule has 37 heavy (non-hydrogen) atoms. The Morgan fingerprint density at radius 3 is 2.57 bits per heavy atom. The van der Waals surface area contributed by atoms with Crippen LogP contribution in [0.4, 0.5) is 0 Å². The maximum atomic E-state index is 13.4. The number of halogens is 1. The molecule has 0 saturated carbocycles. The molecule has 12 heteroatoms. The van der Waals surface area contributed by atoms with Crippen LogP contribution in [0.15, 0.2) is 73.1 Å². The number of nitrogens with two attached hydrogens (primary N) is 1. The Bertz CT molecular complexity index is 1520. The van der Waals surface area contributed by atoms with Gasteiger partial charge in [-0.2, -0.15) is 0 Å². The maximum absolute atomic E-state index is 13.4. The molecule has 0 saturated heterocycles. The summed E-state index contributed by atoms with van der Waals surface area (Å²) < 4.78 is 12.2. The van der Waals surface area contributed by atoms with Crippen LogP contribution in [0.5, 0.6) is 0 Å². The smallest absolute Gasteiger partial charge is 0.266 e. The Hall–Kier alpha value is -3.74. The number of carbonyl (C=O) groups is 1. The fraction of sp³-hybridized carbons (Fsp3) is 0.200. The van der Waals surface area contributed by atoms with E-state index in [0.29, 0.717) is 29.9 Å². The average Bonchev–Trinajstić information content (AvgIpc) is 3.66. The number of pyridine rings is 1. The van der Waals surface area contributed by atoms with Crippen molar-refractivity contribution in [1.82, 2.24) is 30.0 Å². The maximum Gasteiger partial charge on any atom is 0.266 e. The van der Waals surface area contributed by atoms with E-state index in [9.17, 15) is 4.79 Å². The number of thiazole rings is 1. The summed E-state index contributed by atoms with van der Waals surface area (Å²) in [7, 11) is 1.70. The molecular formula is C25H22BrN7O3S. The van der Waals surface area contributed by atoms with E-state index in [1.165, 1.54) is 23.8 Å². The lowest BCUT2D eigenvalue weighted by Crippen LogP contribution is -2.35. The summed E-state index contributed by atoms with van der Waals surface area (Å²) in [6.07, 6.45) is 3.44.